The van der Waals surface area contributed by atoms with Crippen molar-refractivity contribution in [3.05, 3.63) is 73.9 Å². The summed E-state index contributed by atoms with van der Waals surface area (Å²) in [7, 11) is 0. The highest BCUT2D eigenvalue weighted by Crippen LogP contribution is 2.37. The molecule has 1 aliphatic rings. The number of nitrogens with one attached hydrogen (secondary N) is 3. The molecule has 1 heterocycles. The van der Waals surface area contributed by atoms with E-state index < -0.39 is 0 Å². The Morgan fingerprint density at radius 3 is 2.85 bits per heavy atom. The van der Waals surface area contributed by atoms with Gasteiger partial charge in [0.2, 0.25) is 0 Å². The van der Waals surface area contributed by atoms with Crippen molar-refractivity contribution in [2.45, 2.75) is 25.3 Å². The third-order valence-electron chi connectivity index (χ3n) is 5.05. The first kappa shape index (κ1) is 18.4. The normalized spacial score (nSPS) is 15.9. The number of benzene rings is 2. The first-order valence-electron chi connectivity index (χ1n) is 9.19. The topological polar surface area (TPSA) is 56.9 Å². The van der Waals surface area contributed by atoms with Gasteiger partial charge in [-0.1, -0.05) is 35.3 Å². The van der Waals surface area contributed by atoms with E-state index in [1.165, 1.54) is 11.1 Å². The van der Waals surface area contributed by atoms with Crippen LogP contribution in [0.3, 0.4) is 0 Å². The molecule has 1 aromatic heterocycles. The van der Waals surface area contributed by atoms with E-state index in [1.807, 2.05) is 36.4 Å². The monoisotopic (exact) mass is 401 g/mol. The van der Waals surface area contributed by atoms with Crippen molar-refractivity contribution in [2.24, 2.45) is 0 Å². The minimum Gasteiger partial charge on any atom is -0.371 e. The second kappa shape index (κ2) is 7.93. The molecule has 0 amide bonds. The van der Waals surface area contributed by atoms with Crippen LogP contribution in [0.2, 0.25) is 10.0 Å². The molecule has 0 radical (unpaired) electrons. The number of rotatable bonds is 6. The minimum atomic E-state index is 0.0290. The fourth-order valence-electron chi connectivity index (χ4n) is 3.73. The fourth-order valence-corrected chi connectivity index (χ4v) is 4.34. The number of fused-ring (bicyclic) bond motifs is 2. The highest BCUT2D eigenvalue weighted by atomic mass is 35.5. The Hall–Kier alpha value is -2.01. The number of anilines is 1. The molecule has 1 aliphatic carbocycles. The third kappa shape index (κ3) is 3.98. The molecule has 4 rings (SSSR count). The summed E-state index contributed by atoms with van der Waals surface area (Å²) in [6.45, 7) is 1.65. The Labute approximate surface area is 167 Å². The molecule has 4 nitrogen and oxygen atoms in total. The zero-order valence-corrected chi connectivity index (χ0v) is 16.3. The molecule has 1 unspecified atom stereocenters. The van der Waals surface area contributed by atoms with Crippen LogP contribution < -0.4 is 16.1 Å². The molecule has 0 spiro atoms. The van der Waals surface area contributed by atoms with Gasteiger partial charge < -0.3 is 15.6 Å². The summed E-state index contributed by atoms with van der Waals surface area (Å²) in [4.78, 5) is 15.4. The molecule has 6 heteroatoms. The number of aromatic nitrogens is 1. The van der Waals surface area contributed by atoms with Crippen LogP contribution in [0.25, 0.3) is 10.9 Å². The van der Waals surface area contributed by atoms with Gasteiger partial charge in [0.1, 0.15) is 5.82 Å². The van der Waals surface area contributed by atoms with Crippen molar-refractivity contribution < 1.29 is 0 Å². The maximum Gasteiger partial charge on any atom is 0.191 e. The molecule has 3 N–H and O–H groups in total. The van der Waals surface area contributed by atoms with E-state index in [4.69, 9.17) is 23.2 Å². The van der Waals surface area contributed by atoms with Crippen molar-refractivity contribution in [1.29, 1.82) is 0 Å². The van der Waals surface area contributed by atoms with Gasteiger partial charge in [0.05, 0.1) is 5.52 Å². The lowest BCUT2D eigenvalue weighted by atomic mass is 10.1. The lowest BCUT2D eigenvalue weighted by molar-refractivity contribution is 0.525. The number of para-hydroxylation sites is 1. The van der Waals surface area contributed by atoms with E-state index in [1.54, 1.807) is 6.07 Å². The molecule has 140 valence electrons. The van der Waals surface area contributed by atoms with Crippen LogP contribution in [-0.2, 0) is 6.42 Å². The van der Waals surface area contributed by atoms with Gasteiger partial charge in [-0.2, -0.15) is 0 Å². The Bertz CT molecular complexity index is 1030. The number of hydrogen-bond donors (Lipinski definition) is 3. The SMILES string of the molecule is O=c1cc(NCCCNC2CCc3c(Cl)cc(Cl)cc32)[nH]c2ccccc12. The zero-order valence-electron chi connectivity index (χ0n) is 14.8. The fraction of sp³-hybridized carbons (Fsp3) is 0.286. The highest BCUT2D eigenvalue weighted by Gasteiger charge is 2.24. The summed E-state index contributed by atoms with van der Waals surface area (Å²) in [5.74, 6) is 0.753. The van der Waals surface area contributed by atoms with Crippen LogP contribution in [0, 0.1) is 0 Å². The molecule has 0 saturated carbocycles. The largest absolute Gasteiger partial charge is 0.371 e. The molecule has 0 saturated heterocycles. The predicted octanol–water partition coefficient (Wildman–Crippen LogP) is 4.91. The lowest BCUT2D eigenvalue weighted by Gasteiger charge is -2.15. The van der Waals surface area contributed by atoms with E-state index >= 15 is 0 Å². The summed E-state index contributed by atoms with van der Waals surface area (Å²) in [5.41, 5.74) is 3.31. The van der Waals surface area contributed by atoms with Crippen LogP contribution in [0.1, 0.15) is 30.0 Å². The Kier molecular flexibility index (Phi) is 5.39. The predicted molar refractivity (Wildman–Crippen MR) is 113 cm³/mol. The Balaban J connectivity index is 1.30. The van der Waals surface area contributed by atoms with Gasteiger partial charge >= 0.3 is 0 Å². The van der Waals surface area contributed by atoms with Crippen molar-refractivity contribution in [2.75, 3.05) is 18.4 Å². The van der Waals surface area contributed by atoms with Crippen molar-refractivity contribution >= 4 is 39.9 Å². The molecule has 0 aliphatic heterocycles. The van der Waals surface area contributed by atoms with Crippen LogP contribution in [-0.4, -0.2) is 18.1 Å². The van der Waals surface area contributed by atoms with Crippen molar-refractivity contribution in [1.82, 2.24) is 10.3 Å². The van der Waals surface area contributed by atoms with Crippen LogP contribution in [0.5, 0.6) is 0 Å². The van der Waals surface area contributed by atoms with Crippen LogP contribution in [0.15, 0.2) is 47.3 Å². The quantitative estimate of drug-likeness (QED) is 0.514. The average Bonchev–Trinajstić information content (AvgIpc) is 3.05. The van der Waals surface area contributed by atoms with Crippen molar-refractivity contribution in [3.63, 3.8) is 0 Å². The summed E-state index contributed by atoms with van der Waals surface area (Å²) in [6.07, 6.45) is 2.97. The standard InChI is InChI=1S/C21H21Cl2N3O/c22-13-10-16-14(17(23)11-13)6-7-18(16)24-8-3-9-25-21-12-20(27)15-4-1-2-5-19(15)26-21/h1-2,4-5,10-12,18,24H,3,6-9H2,(H2,25,26,27). The maximum absolute atomic E-state index is 12.1. The van der Waals surface area contributed by atoms with E-state index in [0.717, 1.165) is 48.7 Å². The van der Waals surface area contributed by atoms with Gasteiger partial charge in [-0.05, 0) is 61.2 Å². The summed E-state index contributed by atoms with van der Waals surface area (Å²) < 4.78 is 0. The second-order valence-electron chi connectivity index (χ2n) is 6.87. The lowest BCUT2D eigenvalue weighted by Crippen LogP contribution is -2.22. The van der Waals surface area contributed by atoms with Crippen LogP contribution in [0.4, 0.5) is 5.82 Å². The first-order valence-corrected chi connectivity index (χ1v) is 9.94. The number of H-pyrrole nitrogens is 1. The molecule has 0 fully saturated rings. The van der Waals surface area contributed by atoms with E-state index in [9.17, 15) is 4.79 Å². The molecule has 27 heavy (non-hydrogen) atoms. The third-order valence-corrected chi connectivity index (χ3v) is 5.61. The number of pyridine rings is 1. The Morgan fingerprint density at radius 2 is 1.96 bits per heavy atom. The zero-order chi connectivity index (χ0) is 18.8. The number of aromatic amines is 1. The van der Waals surface area contributed by atoms with E-state index in [-0.39, 0.29) is 5.43 Å². The van der Waals surface area contributed by atoms with Crippen molar-refractivity contribution in [3.8, 4) is 0 Å². The summed E-state index contributed by atoms with van der Waals surface area (Å²) in [5, 5.41) is 9.06. The summed E-state index contributed by atoms with van der Waals surface area (Å²) >= 11 is 12.4. The van der Waals surface area contributed by atoms with Gasteiger partial charge in [0.25, 0.3) is 0 Å². The number of hydrogen-bond acceptors (Lipinski definition) is 3. The van der Waals surface area contributed by atoms with Gasteiger partial charge in [-0.25, -0.2) is 0 Å². The highest BCUT2D eigenvalue weighted by molar-refractivity contribution is 6.35. The molecular formula is C21H21Cl2N3O. The van der Waals surface area contributed by atoms with E-state index in [2.05, 4.69) is 15.6 Å². The summed E-state index contributed by atoms with van der Waals surface area (Å²) in [6, 6.07) is 13.3. The minimum absolute atomic E-state index is 0.0290. The van der Waals surface area contributed by atoms with Gasteiger partial charge in [-0.3, -0.25) is 4.79 Å². The van der Waals surface area contributed by atoms with Crippen LogP contribution >= 0.6 is 23.2 Å². The van der Waals surface area contributed by atoms with Gasteiger partial charge in [-0.15, -0.1) is 0 Å². The molecule has 3 aromatic rings. The smallest absolute Gasteiger partial charge is 0.191 e. The molecule has 0 bridgehead atoms. The molecule has 1 atom stereocenters. The van der Waals surface area contributed by atoms with E-state index in [0.29, 0.717) is 16.5 Å². The first-order chi connectivity index (χ1) is 13.1. The average molecular weight is 402 g/mol. The maximum atomic E-state index is 12.1. The second-order valence-corrected chi connectivity index (χ2v) is 7.72. The molecule has 2 aromatic carbocycles. The van der Waals surface area contributed by atoms with Gasteiger partial charge in [0, 0.05) is 34.1 Å². The molecular weight excluding hydrogens is 381 g/mol. The number of halogens is 2. The van der Waals surface area contributed by atoms with Gasteiger partial charge in [0.15, 0.2) is 5.43 Å². The Morgan fingerprint density at radius 1 is 1.11 bits per heavy atom.